The molecule has 6 aromatic heterocycles. The van der Waals surface area contributed by atoms with Crippen LogP contribution in [0.1, 0.15) is 87.4 Å². The Morgan fingerprint density at radius 1 is 0.667 bits per heavy atom. The number of rotatable bonds is 4. The first kappa shape index (κ1) is 29.5. The molecule has 12 nitrogen and oxygen atoms in total. The number of aromatic nitrogens is 10. The van der Waals surface area contributed by atoms with Gasteiger partial charge in [-0.2, -0.15) is 29.4 Å². The van der Waals surface area contributed by atoms with Gasteiger partial charge in [-0.25, -0.2) is 9.97 Å². The molecule has 2 saturated carbocycles. The van der Waals surface area contributed by atoms with Gasteiger partial charge in [-0.3, -0.25) is 9.36 Å². The molecular weight excluding hydrogens is 632 g/mol. The normalized spacial score (nSPS) is 16.3. The van der Waals surface area contributed by atoms with Crippen molar-refractivity contribution < 1.29 is 0 Å². The van der Waals surface area contributed by atoms with Crippen LogP contribution >= 0.6 is 15.9 Å². The lowest BCUT2D eigenvalue weighted by Crippen LogP contribution is -2.11. The molecule has 6 aromatic rings. The van der Waals surface area contributed by atoms with E-state index in [4.69, 9.17) is 21.4 Å². The van der Waals surface area contributed by atoms with Crippen LogP contribution in [0, 0.1) is 0 Å². The third-order valence-corrected chi connectivity index (χ3v) is 10.0. The van der Waals surface area contributed by atoms with Gasteiger partial charge in [0.2, 0.25) is 0 Å². The van der Waals surface area contributed by atoms with Gasteiger partial charge in [0, 0.05) is 72.3 Å². The zero-order chi connectivity index (χ0) is 31.1. The molecule has 0 bridgehead atoms. The Morgan fingerprint density at radius 3 is 1.76 bits per heavy atom. The molecule has 2 fully saturated rings. The molecule has 0 atom stereocenters. The second kappa shape index (κ2) is 12.3. The molecule has 0 amide bonds. The fraction of sp³-hybridized carbons (Fsp3) is 0.438. The van der Waals surface area contributed by atoms with E-state index in [0.717, 1.165) is 49.4 Å². The van der Waals surface area contributed by atoms with E-state index in [2.05, 4.69) is 36.3 Å². The molecule has 2 aliphatic carbocycles. The highest BCUT2D eigenvalue weighted by Gasteiger charge is 2.24. The number of nitrogens with two attached hydrogens (primary N) is 2. The molecule has 2 aliphatic rings. The molecule has 6 heterocycles. The maximum absolute atomic E-state index is 6.32. The monoisotopic (exact) mass is 670 g/mol. The first-order valence-electron chi connectivity index (χ1n) is 15.8. The van der Waals surface area contributed by atoms with Crippen LogP contribution in [-0.2, 0) is 14.1 Å². The first-order valence-corrected chi connectivity index (χ1v) is 16.6. The van der Waals surface area contributed by atoms with E-state index in [1.165, 1.54) is 64.2 Å². The SMILES string of the molecule is Cn1cc(-c2cnn3c(N)c(Br)c(C4CCCCC4)nc23)cn1.Cn1cc(-c2cnn3c(N)cc(C4CCCCC4)nc23)cn1. The predicted octanol–water partition coefficient (Wildman–Crippen LogP) is 6.28. The summed E-state index contributed by atoms with van der Waals surface area (Å²) in [6.07, 6.45) is 23.8. The number of hydrogen-bond donors (Lipinski definition) is 2. The maximum atomic E-state index is 6.32. The van der Waals surface area contributed by atoms with Gasteiger partial charge in [0.1, 0.15) is 11.6 Å². The number of fused-ring (bicyclic) bond motifs is 2. The minimum atomic E-state index is 0.474. The summed E-state index contributed by atoms with van der Waals surface area (Å²) in [6.45, 7) is 0. The van der Waals surface area contributed by atoms with Gasteiger partial charge in [-0.15, -0.1) is 0 Å². The van der Waals surface area contributed by atoms with Crippen LogP contribution in [0.2, 0.25) is 0 Å². The van der Waals surface area contributed by atoms with E-state index in [1.807, 2.05) is 57.3 Å². The molecule has 0 spiro atoms. The number of nitrogen functional groups attached to an aromatic ring is 2. The van der Waals surface area contributed by atoms with Crippen molar-refractivity contribution in [1.82, 2.24) is 48.8 Å². The first-order chi connectivity index (χ1) is 21.9. The molecule has 13 heteroatoms. The summed E-state index contributed by atoms with van der Waals surface area (Å²) in [7, 11) is 3.81. The van der Waals surface area contributed by atoms with Crippen LogP contribution in [0.15, 0.2) is 47.7 Å². The van der Waals surface area contributed by atoms with Gasteiger partial charge in [-0.1, -0.05) is 38.5 Å². The van der Waals surface area contributed by atoms with Crippen LogP contribution < -0.4 is 11.5 Å². The van der Waals surface area contributed by atoms with Crippen LogP contribution in [-0.4, -0.2) is 48.8 Å². The number of halogens is 1. The van der Waals surface area contributed by atoms with Gasteiger partial charge in [0.05, 0.1) is 35.0 Å². The zero-order valence-corrected chi connectivity index (χ0v) is 27.4. The van der Waals surface area contributed by atoms with Gasteiger partial charge in [-0.05, 0) is 41.6 Å². The van der Waals surface area contributed by atoms with Gasteiger partial charge in [0.15, 0.2) is 11.3 Å². The highest BCUT2D eigenvalue weighted by Crippen LogP contribution is 2.39. The summed E-state index contributed by atoms with van der Waals surface area (Å²) in [5.74, 6) is 2.27. The second-order valence-corrected chi connectivity index (χ2v) is 13.2. The number of nitrogens with zero attached hydrogens (tertiary/aromatic N) is 10. The minimum absolute atomic E-state index is 0.474. The number of anilines is 2. The smallest absolute Gasteiger partial charge is 0.165 e. The van der Waals surface area contributed by atoms with Crippen molar-refractivity contribution in [2.24, 2.45) is 14.1 Å². The third-order valence-electron chi connectivity index (χ3n) is 9.21. The summed E-state index contributed by atoms with van der Waals surface area (Å²) in [5.41, 5.74) is 20.3. The fourth-order valence-corrected chi connectivity index (χ4v) is 7.38. The molecule has 0 unspecified atom stereocenters. The molecule has 4 N–H and O–H groups in total. The highest BCUT2D eigenvalue weighted by atomic mass is 79.9. The Bertz CT molecular complexity index is 1950. The van der Waals surface area contributed by atoms with Crippen LogP contribution in [0.25, 0.3) is 33.5 Å². The molecular formula is C32H39BrN12. The van der Waals surface area contributed by atoms with Gasteiger partial charge < -0.3 is 11.5 Å². The van der Waals surface area contributed by atoms with Crippen molar-refractivity contribution in [3.63, 3.8) is 0 Å². The summed E-state index contributed by atoms with van der Waals surface area (Å²) in [4.78, 5) is 9.83. The summed E-state index contributed by atoms with van der Waals surface area (Å²) < 4.78 is 7.88. The van der Waals surface area contributed by atoms with E-state index >= 15 is 0 Å². The Morgan fingerprint density at radius 2 is 1.20 bits per heavy atom. The van der Waals surface area contributed by atoms with Crippen molar-refractivity contribution in [2.75, 3.05) is 11.5 Å². The Labute approximate surface area is 270 Å². The average Bonchev–Trinajstić information content (AvgIpc) is 3.87. The van der Waals surface area contributed by atoms with Gasteiger partial charge in [0.25, 0.3) is 0 Å². The molecule has 0 aromatic carbocycles. The van der Waals surface area contributed by atoms with E-state index in [9.17, 15) is 0 Å². The molecule has 45 heavy (non-hydrogen) atoms. The lowest BCUT2D eigenvalue weighted by atomic mass is 9.87. The molecule has 8 rings (SSSR count). The van der Waals surface area contributed by atoms with E-state index in [-0.39, 0.29) is 0 Å². The van der Waals surface area contributed by atoms with E-state index < -0.39 is 0 Å². The molecule has 0 saturated heterocycles. The standard InChI is InChI=1S/C16H19BrN6.C16H20N6/c1-22-9-11(7-19-22)12-8-20-23-15(18)13(17)14(21-16(12)23)10-5-3-2-4-6-10;1-21-10-12(8-18-21)13-9-19-22-15(17)7-14(20-16(13)22)11-5-3-2-4-6-11/h7-10H,2-6,18H2,1H3;7-11H,2-6,17H2,1H3. The summed E-state index contributed by atoms with van der Waals surface area (Å²) >= 11 is 3.64. The van der Waals surface area contributed by atoms with E-state index in [1.54, 1.807) is 18.4 Å². The summed E-state index contributed by atoms with van der Waals surface area (Å²) in [5, 5.41) is 17.3. The van der Waals surface area contributed by atoms with Crippen LogP contribution in [0.5, 0.6) is 0 Å². The maximum Gasteiger partial charge on any atom is 0.165 e. The topological polar surface area (TPSA) is 148 Å². The van der Waals surface area contributed by atoms with E-state index in [0.29, 0.717) is 23.5 Å². The van der Waals surface area contributed by atoms with Crippen molar-refractivity contribution in [3.8, 4) is 22.3 Å². The second-order valence-electron chi connectivity index (χ2n) is 12.4. The fourth-order valence-electron chi connectivity index (χ4n) is 6.80. The van der Waals surface area contributed by atoms with Gasteiger partial charge >= 0.3 is 0 Å². The van der Waals surface area contributed by atoms with Crippen molar-refractivity contribution >= 4 is 38.9 Å². The van der Waals surface area contributed by atoms with Crippen molar-refractivity contribution in [1.29, 1.82) is 0 Å². The van der Waals surface area contributed by atoms with Crippen LogP contribution in [0.3, 0.4) is 0 Å². The largest absolute Gasteiger partial charge is 0.384 e. The highest BCUT2D eigenvalue weighted by molar-refractivity contribution is 9.10. The average molecular weight is 672 g/mol. The number of aryl methyl sites for hydroxylation is 2. The molecule has 0 aliphatic heterocycles. The van der Waals surface area contributed by atoms with Crippen molar-refractivity contribution in [2.45, 2.75) is 76.0 Å². The van der Waals surface area contributed by atoms with Crippen LogP contribution in [0.4, 0.5) is 11.6 Å². The molecule has 0 radical (unpaired) electrons. The summed E-state index contributed by atoms with van der Waals surface area (Å²) in [6, 6.07) is 1.99. The number of hydrogen-bond acceptors (Lipinski definition) is 8. The lowest BCUT2D eigenvalue weighted by molar-refractivity contribution is 0.435. The Kier molecular flexibility index (Phi) is 8.03. The Balaban J connectivity index is 0.000000145. The minimum Gasteiger partial charge on any atom is -0.384 e. The predicted molar refractivity (Wildman–Crippen MR) is 179 cm³/mol. The molecule has 234 valence electrons. The lowest BCUT2D eigenvalue weighted by Gasteiger charge is -2.22. The Hall–Kier alpha value is -4.26. The van der Waals surface area contributed by atoms with Crippen molar-refractivity contribution in [3.05, 3.63) is 59.1 Å². The zero-order valence-electron chi connectivity index (χ0n) is 25.8. The quantitative estimate of drug-likeness (QED) is 0.223. The third kappa shape index (κ3) is 5.69.